The number of methoxy groups -OCH3 is 1. The number of aryl methyl sites for hydroxylation is 1. The molecule has 2 amide bonds. The normalized spacial score (nSPS) is 13.7. The monoisotopic (exact) mass is 342 g/mol. The van der Waals surface area contributed by atoms with E-state index in [4.69, 9.17) is 4.74 Å². The molecule has 0 radical (unpaired) electrons. The van der Waals surface area contributed by atoms with Crippen LogP contribution in [0.15, 0.2) is 36.4 Å². The lowest BCUT2D eigenvalue weighted by Crippen LogP contribution is -2.33. The first kappa shape index (κ1) is 17.0. The van der Waals surface area contributed by atoms with Gasteiger partial charge in [-0.3, -0.25) is 9.59 Å². The zero-order chi connectivity index (χ0) is 18.0. The Balaban J connectivity index is 1.88. The first-order chi connectivity index (χ1) is 12.0. The summed E-state index contributed by atoms with van der Waals surface area (Å²) in [5, 5.41) is 2.64. The Morgan fingerprint density at radius 3 is 2.84 bits per heavy atom. The van der Waals surface area contributed by atoms with Gasteiger partial charge < -0.3 is 15.0 Å². The molecule has 0 spiro atoms. The third-order valence-corrected chi connectivity index (χ3v) is 4.21. The molecule has 0 unspecified atom stereocenters. The molecule has 0 bridgehead atoms. The van der Waals surface area contributed by atoms with Gasteiger partial charge in [-0.1, -0.05) is 12.1 Å². The molecule has 6 heteroatoms. The highest BCUT2D eigenvalue weighted by molar-refractivity contribution is 6.04. The molecule has 1 N–H and O–H groups in total. The number of benzene rings is 2. The number of hydrogen-bond donors (Lipinski definition) is 1. The third-order valence-electron chi connectivity index (χ3n) is 4.21. The molecule has 5 nitrogen and oxygen atoms in total. The highest BCUT2D eigenvalue weighted by Crippen LogP contribution is 2.30. The van der Waals surface area contributed by atoms with E-state index < -0.39 is 5.82 Å². The number of nitrogens with one attached hydrogen (secondary N) is 1. The summed E-state index contributed by atoms with van der Waals surface area (Å²) in [6, 6.07) is 9.64. The molecule has 25 heavy (non-hydrogen) atoms. The maximum atomic E-state index is 13.5. The molecule has 0 fully saturated rings. The van der Waals surface area contributed by atoms with Crippen molar-refractivity contribution < 1.29 is 18.7 Å². The zero-order valence-corrected chi connectivity index (χ0v) is 14.1. The topological polar surface area (TPSA) is 58.6 Å². The number of carbonyl (C=O) groups excluding carboxylic acids is 2. The predicted molar refractivity (Wildman–Crippen MR) is 93.4 cm³/mol. The Morgan fingerprint density at radius 2 is 2.08 bits per heavy atom. The summed E-state index contributed by atoms with van der Waals surface area (Å²) in [5.74, 6) is -0.133. The van der Waals surface area contributed by atoms with E-state index in [1.54, 1.807) is 7.11 Å². The highest BCUT2D eigenvalue weighted by atomic mass is 19.1. The number of amides is 2. The van der Waals surface area contributed by atoms with Gasteiger partial charge in [0.1, 0.15) is 11.6 Å². The number of halogens is 1. The third kappa shape index (κ3) is 3.63. The van der Waals surface area contributed by atoms with Gasteiger partial charge in [0.05, 0.1) is 24.9 Å². The summed E-state index contributed by atoms with van der Waals surface area (Å²) in [6.07, 6.45) is 0.334. The van der Waals surface area contributed by atoms with Crippen molar-refractivity contribution in [1.82, 2.24) is 0 Å². The fourth-order valence-corrected chi connectivity index (χ4v) is 2.89. The molecule has 130 valence electrons. The van der Waals surface area contributed by atoms with Crippen molar-refractivity contribution in [3.8, 4) is 5.75 Å². The molecular formula is C19H19FN2O3. The van der Waals surface area contributed by atoms with Crippen LogP contribution in [-0.4, -0.2) is 25.5 Å². The van der Waals surface area contributed by atoms with Gasteiger partial charge in [0.25, 0.3) is 0 Å². The molecule has 0 aliphatic carbocycles. The summed E-state index contributed by atoms with van der Waals surface area (Å²) in [4.78, 5) is 26.2. The zero-order valence-electron chi connectivity index (χ0n) is 14.1. The Bertz CT molecular complexity index is 835. The Hall–Kier alpha value is -2.89. The Labute approximate surface area is 145 Å². The molecule has 1 aliphatic heterocycles. The van der Waals surface area contributed by atoms with Gasteiger partial charge in [-0.25, -0.2) is 4.39 Å². The van der Waals surface area contributed by atoms with E-state index in [0.29, 0.717) is 11.4 Å². The van der Waals surface area contributed by atoms with Crippen LogP contribution >= 0.6 is 0 Å². The lowest BCUT2D eigenvalue weighted by Gasteiger charge is -2.22. The number of hydrogen-bond acceptors (Lipinski definition) is 3. The van der Waals surface area contributed by atoms with Gasteiger partial charge in [0.15, 0.2) is 0 Å². The molecule has 0 saturated carbocycles. The van der Waals surface area contributed by atoms with Crippen molar-refractivity contribution in [2.45, 2.75) is 19.8 Å². The quantitative estimate of drug-likeness (QED) is 0.933. The molecule has 1 heterocycles. The van der Waals surface area contributed by atoms with E-state index in [9.17, 15) is 14.0 Å². The fraction of sp³-hybridized carbons (Fsp3) is 0.263. The van der Waals surface area contributed by atoms with Crippen LogP contribution in [0.3, 0.4) is 0 Å². The molecule has 0 saturated heterocycles. The molecule has 2 aromatic carbocycles. The van der Waals surface area contributed by atoms with Gasteiger partial charge in [-0.15, -0.1) is 0 Å². The van der Waals surface area contributed by atoms with Crippen LogP contribution in [0.2, 0.25) is 0 Å². The van der Waals surface area contributed by atoms with Crippen molar-refractivity contribution in [2.24, 2.45) is 0 Å². The number of fused-ring (bicyclic) bond motifs is 1. The summed E-state index contributed by atoms with van der Waals surface area (Å²) >= 11 is 0. The second-order valence-electron chi connectivity index (χ2n) is 5.99. The SMILES string of the molecule is COc1cc(CC(=O)N2CCC(=O)Nc3cc(F)ccc32)ccc1C. The molecule has 1 aliphatic rings. The Morgan fingerprint density at radius 1 is 1.28 bits per heavy atom. The fourth-order valence-electron chi connectivity index (χ4n) is 2.89. The van der Waals surface area contributed by atoms with E-state index in [1.807, 2.05) is 25.1 Å². The van der Waals surface area contributed by atoms with Crippen molar-refractivity contribution >= 4 is 23.2 Å². The first-order valence-corrected chi connectivity index (χ1v) is 8.01. The minimum Gasteiger partial charge on any atom is -0.496 e. The average molecular weight is 342 g/mol. The molecule has 2 aromatic rings. The number of ether oxygens (including phenoxy) is 1. The van der Waals surface area contributed by atoms with Gasteiger partial charge >= 0.3 is 0 Å². The predicted octanol–water partition coefficient (Wildman–Crippen LogP) is 3.06. The van der Waals surface area contributed by atoms with Gasteiger partial charge in [-0.2, -0.15) is 0 Å². The van der Waals surface area contributed by atoms with Crippen LogP contribution in [-0.2, 0) is 16.0 Å². The van der Waals surface area contributed by atoms with Crippen molar-refractivity contribution in [2.75, 3.05) is 23.9 Å². The van der Waals surface area contributed by atoms with Crippen molar-refractivity contribution in [3.05, 3.63) is 53.3 Å². The van der Waals surface area contributed by atoms with E-state index >= 15 is 0 Å². The van der Waals surface area contributed by atoms with Crippen LogP contribution in [0, 0.1) is 12.7 Å². The maximum absolute atomic E-state index is 13.5. The summed E-state index contributed by atoms with van der Waals surface area (Å²) < 4.78 is 18.8. The summed E-state index contributed by atoms with van der Waals surface area (Å²) in [7, 11) is 1.59. The maximum Gasteiger partial charge on any atom is 0.231 e. The van der Waals surface area contributed by atoms with Gasteiger partial charge in [-0.05, 0) is 42.3 Å². The minimum atomic E-state index is -0.461. The second kappa shape index (κ2) is 6.93. The van der Waals surface area contributed by atoms with Crippen LogP contribution < -0.4 is 15.0 Å². The molecule has 0 atom stereocenters. The van der Waals surface area contributed by atoms with Gasteiger partial charge in [0.2, 0.25) is 11.8 Å². The summed E-state index contributed by atoms with van der Waals surface area (Å²) in [6.45, 7) is 2.19. The van der Waals surface area contributed by atoms with Crippen molar-refractivity contribution in [1.29, 1.82) is 0 Å². The van der Waals surface area contributed by atoms with Crippen LogP contribution in [0.4, 0.5) is 15.8 Å². The number of nitrogens with zero attached hydrogens (tertiary/aromatic N) is 1. The largest absolute Gasteiger partial charge is 0.496 e. The highest BCUT2D eigenvalue weighted by Gasteiger charge is 2.24. The van der Waals surface area contributed by atoms with E-state index in [-0.39, 0.29) is 31.2 Å². The van der Waals surface area contributed by atoms with E-state index in [2.05, 4.69) is 5.32 Å². The van der Waals surface area contributed by atoms with E-state index in [1.165, 1.54) is 23.1 Å². The molecule has 3 rings (SSSR count). The van der Waals surface area contributed by atoms with Crippen molar-refractivity contribution in [3.63, 3.8) is 0 Å². The second-order valence-corrected chi connectivity index (χ2v) is 5.99. The smallest absolute Gasteiger partial charge is 0.231 e. The van der Waals surface area contributed by atoms with Crippen LogP contribution in [0.25, 0.3) is 0 Å². The number of carbonyl (C=O) groups is 2. The number of anilines is 2. The van der Waals surface area contributed by atoms with Gasteiger partial charge in [0, 0.05) is 13.0 Å². The summed E-state index contributed by atoms with van der Waals surface area (Å²) in [5.41, 5.74) is 2.64. The number of rotatable bonds is 3. The van der Waals surface area contributed by atoms with E-state index in [0.717, 1.165) is 16.9 Å². The first-order valence-electron chi connectivity index (χ1n) is 8.01. The average Bonchev–Trinajstić information content (AvgIpc) is 2.74. The lowest BCUT2D eigenvalue weighted by atomic mass is 10.1. The Kier molecular flexibility index (Phi) is 4.70. The minimum absolute atomic E-state index is 0.157. The van der Waals surface area contributed by atoms with Crippen LogP contribution in [0.5, 0.6) is 5.75 Å². The molecular weight excluding hydrogens is 323 g/mol. The van der Waals surface area contributed by atoms with Crippen LogP contribution in [0.1, 0.15) is 17.5 Å². The molecule has 0 aromatic heterocycles. The standard InChI is InChI=1S/C19H19FN2O3/c1-12-3-4-13(9-17(12)25-2)10-19(24)22-8-7-18(23)21-15-11-14(20)5-6-16(15)22/h3-6,9,11H,7-8,10H2,1-2H3,(H,21,23). The lowest BCUT2D eigenvalue weighted by molar-refractivity contribution is -0.118.